The van der Waals surface area contributed by atoms with E-state index < -0.39 is 0 Å². The van der Waals surface area contributed by atoms with Crippen LogP contribution in [0.1, 0.15) is 31.2 Å². The molecule has 100 valence electrons. The predicted octanol–water partition coefficient (Wildman–Crippen LogP) is 3.11. The van der Waals surface area contributed by atoms with Crippen LogP contribution in [0.25, 0.3) is 0 Å². The molecule has 0 amide bonds. The Morgan fingerprint density at radius 1 is 1.44 bits per heavy atom. The van der Waals surface area contributed by atoms with E-state index in [9.17, 15) is 0 Å². The molecule has 0 aromatic carbocycles. The van der Waals surface area contributed by atoms with Crippen molar-refractivity contribution in [3.05, 3.63) is 22.3 Å². The van der Waals surface area contributed by atoms with Gasteiger partial charge in [0.05, 0.1) is 4.47 Å². The van der Waals surface area contributed by atoms with Crippen LogP contribution in [-0.4, -0.2) is 24.6 Å². The lowest BCUT2D eigenvalue weighted by Gasteiger charge is -2.38. The minimum atomic E-state index is 0.523. The maximum Gasteiger partial charge on any atom is 0.142 e. The van der Waals surface area contributed by atoms with Crippen LogP contribution in [0.15, 0.2) is 16.7 Å². The van der Waals surface area contributed by atoms with E-state index in [1.807, 2.05) is 6.20 Å². The van der Waals surface area contributed by atoms with Gasteiger partial charge in [-0.2, -0.15) is 0 Å². The van der Waals surface area contributed by atoms with Gasteiger partial charge in [-0.05, 0) is 59.8 Å². The molecule has 1 aliphatic carbocycles. The van der Waals surface area contributed by atoms with Gasteiger partial charge in [0.2, 0.25) is 0 Å². The number of hydrogen-bond acceptors (Lipinski definition) is 3. The topological polar surface area (TPSA) is 42.2 Å². The molecule has 0 spiro atoms. The fourth-order valence-corrected chi connectivity index (χ4v) is 3.66. The number of hydrogen-bond donors (Lipinski definition) is 1. The standard InChI is InChI=1S/C14H22BrN3/c1-10-7-12(15)14(17-9-10)18(2)13-6-4-3-5-11(13)8-16/h7,9,11,13H,3-6,8,16H2,1-2H3. The van der Waals surface area contributed by atoms with Gasteiger partial charge in [0, 0.05) is 19.3 Å². The first-order chi connectivity index (χ1) is 8.63. The minimum Gasteiger partial charge on any atom is -0.355 e. The summed E-state index contributed by atoms with van der Waals surface area (Å²) < 4.78 is 1.08. The number of aryl methyl sites for hydroxylation is 1. The number of aromatic nitrogens is 1. The third-order valence-electron chi connectivity index (χ3n) is 3.96. The Morgan fingerprint density at radius 2 is 2.17 bits per heavy atom. The quantitative estimate of drug-likeness (QED) is 0.932. The van der Waals surface area contributed by atoms with Crippen LogP contribution in [-0.2, 0) is 0 Å². The van der Waals surface area contributed by atoms with Crippen LogP contribution >= 0.6 is 15.9 Å². The Hall–Kier alpha value is -0.610. The molecule has 1 aromatic heterocycles. The molecule has 2 N–H and O–H groups in total. The highest BCUT2D eigenvalue weighted by atomic mass is 79.9. The first kappa shape index (κ1) is 13.8. The summed E-state index contributed by atoms with van der Waals surface area (Å²) in [5, 5.41) is 0. The summed E-state index contributed by atoms with van der Waals surface area (Å²) in [5.41, 5.74) is 7.09. The second-order valence-electron chi connectivity index (χ2n) is 5.28. The van der Waals surface area contributed by atoms with E-state index in [2.05, 4.69) is 45.9 Å². The summed E-state index contributed by atoms with van der Waals surface area (Å²) >= 11 is 3.62. The molecule has 0 aliphatic heterocycles. The van der Waals surface area contributed by atoms with Gasteiger partial charge in [-0.15, -0.1) is 0 Å². The van der Waals surface area contributed by atoms with E-state index in [0.29, 0.717) is 12.0 Å². The fourth-order valence-electron chi connectivity index (χ4n) is 2.92. The van der Waals surface area contributed by atoms with Crippen LogP contribution in [0.2, 0.25) is 0 Å². The number of pyridine rings is 1. The van der Waals surface area contributed by atoms with Crippen molar-refractivity contribution in [3.63, 3.8) is 0 Å². The molecule has 2 rings (SSSR count). The van der Waals surface area contributed by atoms with Gasteiger partial charge in [-0.25, -0.2) is 4.98 Å². The van der Waals surface area contributed by atoms with E-state index in [1.165, 1.54) is 31.2 Å². The van der Waals surface area contributed by atoms with Crippen LogP contribution in [0.5, 0.6) is 0 Å². The fraction of sp³-hybridized carbons (Fsp3) is 0.643. The van der Waals surface area contributed by atoms with Gasteiger partial charge in [-0.1, -0.05) is 12.8 Å². The van der Waals surface area contributed by atoms with Gasteiger partial charge in [-0.3, -0.25) is 0 Å². The van der Waals surface area contributed by atoms with Gasteiger partial charge >= 0.3 is 0 Å². The summed E-state index contributed by atoms with van der Waals surface area (Å²) in [5.74, 6) is 1.63. The summed E-state index contributed by atoms with van der Waals surface area (Å²) in [6, 6.07) is 2.65. The predicted molar refractivity (Wildman–Crippen MR) is 79.9 cm³/mol. The molecule has 4 heteroatoms. The highest BCUT2D eigenvalue weighted by molar-refractivity contribution is 9.10. The zero-order valence-corrected chi connectivity index (χ0v) is 12.8. The van der Waals surface area contributed by atoms with Crippen molar-refractivity contribution in [2.45, 2.75) is 38.6 Å². The largest absolute Gasteiger partial charge is 0.355 e. The van der Waals surface area contributed by atoms with Crippen LogP contribution in [0.3, 0.4) is 0 Å². The normalized spacial score (nSPS) is 24.0. The highest BCUT2D eigenvalue weighted by Crippen LogP contribution is 2.32. The van der Waals surface area contributed by atoms with Gasteiger partial charge in [0.1, 0.15) is 5.82 Å². The lowest BCUT2D eigenvalue weighted by Crippen LogP contribution is -2.43. The molecule has 0 saturated heterocycles. The van der Waals surface area contributed by atoms with Crippen molar-refractivity contribution in [2.75, 3.05) is 18.5 Å². The Labute approximate surface area is 118 Å². The van der Waals surface area contributed by atoms with Crippen LogP contribution < -0.4 is 10.6 Å². The molecule has 1 saturated carbocycles. The van der Waals surface area contributed by atoms with Crippen molar-refractivity contribution in [1.82, 2.24) is 4.98 Å². The number of nitrogens with two attached hydrogens (primary N) is 1. The third-order valence-corrected chi connectivity index (χ3v) is 4.55. The SMILES string of the molecule is Cc1cnc(N(C)C2CCCCC2CN)c(Br)c1. The molecular formula is C14H22BrN3. The van der Waals surface area contributed by atoms with Gasteiger partial charge in [0.25, 0.3) is 0 Å². The first-order valence-corrected chi connectivity index (χ1v) is 7.48. The van der Waals surface area contributed by atoms with Crippen molar-refractivity contribution >= 4 is 21.7 Å². The first-order valence-electron chi connectivity index (χ1n) is 6.68. The van der Waals surface area contributed by atoms with E-state index in [1.54, 1.807) is 0 Å². The van der Waals surface area contributed by atoms with Crippen molar-refractivity contribution < 1.29 is 0 Å². The van der Waals surface area contributed by atoms with Crippen molar-refractivity contribution in [1.29, 1.82) is 0 Å². The zero-order chi connectivity index (χ0) is 13.1. The van der Waals surface area contributed by atoms with E-state index in [4.69, 9.17) is 5.73 Å². The number of anilines is 1. The number of nitrogens with zero attached hydrogens (tertiary/aromatic N) is 2. The smallest absolute Gasteiger partial charge is 0.142 e. The molecule has 1 aliphatic rings. The Kier molecular flexibility index (Phi) is 4.62. The van der Waals surface area contributed by atoms with Gasteiger partial charge < -0.3 is 10.6 Å². The lowest BCUT2D eigenvalue weighted by atomic mass is 9.84. The second kappa shape index (κ2) is 6.02. The Balaban J connectivity index is 2.20. The molecule has 2 unspecified atom stereocenters. The maximum absolute atomic E-state index is 5.91. The third kappa shape index (κ3) is 2.86. The monoisotopic (exact) mass is 311 g/mol. The number of halogens is 1. The molecular weight excluding hydrogens is 290 g/mol. The van der Waals surface area contributed by atoms with E-state index in [0.717, 1.165) is 16.8 Å². The lowest BCUT2D eigenvalue weighted by molar-refractivity contribution is 0.305. The van der Waals surface area contributed by atoms with Crippen molar-refractivity contribution in [2.24, 2.45) is 11.7 Å². The molecule has 1 aromatic rings. The Morgan fingerprint density at radius 3 is 2.83 bits per heavy atom. The maximum atomic E-state index is 5.91. The zero-order valence-electron chi connectivity index (χ0n) is 11.2. The molecule has 2 atom stereocenters. The molecule has 18 heavy (non-hydrogen) atoms. The van der Waals surface area contributed by atoms with E-state index >= 15 is 0 Å². The summed E-state index contributed by atoms with van der Waals surface area (Å²) in [7, 11) is 2.14. The van der Waals surface area contributed by atoms with Crippen molar-refractivity contribution in [3.8, 4) is 0 Å². The van der Waals surface area contributed by atoms with Crippen LogP contribution in [0, 0.1) is 12.8 Å². The van der Waals surface area contributed by atoms with Crippen LogP contribution in [0.4, 0.5) is 5.82 Å². The molecule has 3 nitrogen and oxygen atoms in total. The summed E-state index contributed by atoms with van der Waals surface area (Å²) in [6.45, 7) is 2.84. The van der Waals surface area contributed by atoms with Gasteiger partial charge in [0.15, 0.2) is 0 Å². The average molecular weight is 312 g/mol. The van der Waals surface area contributed by atoms with E-state index in [-0.39, 0.29) is 0 Å². The second-order valence-corrected chi connectivity index (χ2v) is 6.13. The average Bonchev–Trinajstić information content (AvgIpc) is 2.38. The molecule has 1 fully saturated rings. The minimum absolute atomic E-state index is 0.523. The number of rotatable bonds is 3. The molecule has 0 radical (unpaired) electrons. The highest BCUT2D eigenvalue weighted by Gasteiger charge is 2.28. The summed E-state index contributed by atoms with van der Waals surface area (Å²) in [4.78, 5) is 6.87. The molecule has 0 bridgehead atoms. The summed E-state index contributed by atoms with van der Waals surface area (Å²) in [6.07, 6.45) is 7.01. The Bertz CT molecular complexity index is 408. The molecule has 1 heterocycles.